The van der Waals surface area contributed by atoms with Crippen molar-refractivity contribution in [2.75, 3.05) is 13.2 Å². The van der Waals surface area contributed by atoms with Gasteiger partial charge >= 0.3 is 0 Å². The number of aliphatic hydroxyl groups is 1. The molecular formula is C16H24O2S. The molecule has 0 fully saturated rings. The van der Waals surface area contributed by atoms with E-state index >= 15 is 0 Å². The number of rotatable bonds is 8. The van der Waals surface area contributed by atoms with Crippen LogP contribution in [0.5, 0.6) is 0 Å². The fraction of sp³-hybridized carbons (Fsp3) is 0.625. The van der Waals surface area contributed by atoms with Gasteiger partial charge < -0.3 is 9.84 Å². The molecule has 0 spiro atoms. The number of ether oxygens (including phenoxy) is 1. The zero-order chi connectivity index (χ0) is 13.9. The molecule has 0 bridgehead atoms. The first kappa shape index (κ1) is 16.2. The Labute approximate surface area is 120 Å². The van der Waals surface area contributed by atoms with Gasteiger partial charge in [-0.2, -0.15) is 0 Å². The van der Waals surface area contributed by atoms with Crippen LogP contribution in [0.1, 0.15) is 50.0 Å². The molecule has 0 aromatic carbocycles. The molecule has 0 aliphatic rings. The summed E-state index contributed by atoms with van der Waals surface area (Å²) in [5, 5.41) is 10.6. The van der Waals surface area contributed by atoms with Gasteiger partial charge in [0.15, 0.2) is 0 Å². The van der Waals surface area contributed by atoms with E-state index < -0.39 is 0 Å². The Bertz CT molecular complexity index is 400. The summed E-state index contributed by atoms with van der Waals surface area (Å²) >= 11 is 1.67. The molecule has 0 aliphatic heterocycles. The Balaban J connectivity index is 2.29. The van der Waals surface area contributed by atoms with Gasteiger partial charge in [0.1, 0.15) is 6.61 Å². The number of thiophene rings is 1. The Morgan fingerprint density at radius 2 is 2.26 bits per heavy atom. The summed E-state index contributed by atoms with van der Waals surface area (Å²) in [6.07, 6.45) is 5.01. The lowest BCUT2D eigenvalue weighted by molar-refractivity contribution is 0.0836. The minimum absolute atomic E-state index is 0.0860. The number of aliphatic hydroxyl groups excluding tert-OH is 1. The normalized spacial score (nSPS) is 11.9. The van der Waals surface area contributed by atoms with Gasteiger partial charge in [-0.15, -0.1) is 11.3 Å². The highest BCUT2D eigenvalue weighted by Gasteiger charge is 2.06. The monoisotopic (exact) mass is 280 g/mol. The van der Waals surface area contributed by atoms with Crippen molar-refractivity contribution >= 4 is 11.3 Å². The van der Waals surface area contributed by atoms with Crippen LogP contribution in [0.4, 0.5) is 0 Å². The molecule has 1 N–H and O–H groups in total. The molecule has 1 unspecified atom stereocenters. The number of hydrogen-bond donors (Lipinski definition) is 1. The van der Waals surface area contributed by atoms with Crippen LogP contribution >= 0.6 is 11.3 Å². The highest BCUT2D eigenvalue weighted by molar-refractivity contribution is 7.10. The van der Waals surface area contributed by atoms with Gasteiger partial charge in [0, 0.05) is 22.4 Å². The van der Waals surface area contributed by atoms with Gasteiger partial charge in [0.25, 0.3) is 0 Å². The Hall–Kier alpha value is -0.820. The summed E-state index contributed by atoms with van der Waals surface area (Å²) in [5.41, 5.74) is 0.968. The molecule has 1 atom stereocenters. The average Bonchev–Trinajstić information content (AvgIpc) is 2.88. The van der Waals surface area contributed by atoms with Crippen molar-refractivity contribution in [3.8, 4) is 11.8 Å². The smallest absolute Gasteiger partial charge is 0.104 e. The van der Waals surface area contributed by atoms with E-state index in [1.165, 1.54) is 30.6 Å². The maximum Gasteiger partial charge on any atom is 0.104 e. The van der Waals surface area contributed by atoms with Crippen molar-refractivity contribution in [3.63, 3.8) is 0 Å². The number of unbranched alkanes of at least 4 members (excludes halogenated alkanes) is 1. The predicted molar refractivity (Wildman–Crippen MR) is 81.2 cm³/mol. The lowest BCUT2D eigenvalue weighted by atomic mass is 10.0. The van der Waals surface area contributed by atoms with E-state index in [0.717, 1.165) is 12.2 Å². The summed E-state index contributed by atoms with van der Waals surface area (Å²) < 4.78 is 5.80. The quantitative estimate of drug-likeness (QED) is 0.733. The van der Waals surface area contributed by atoms with Gasteiger partial charge in [-0.05, 0) is 18.4 Å². The van der Waals surface area contributed by atoms with Gasteiger partial charge in [-0.25, -0.2) is 0 Å². The Morgan fingerprint density at radius 3 is 2.95 bits per heavy atom. The summed E-state index contributed by atoms with van der Waals surface area (Å²) in [4.78, 5) is 1.20. The second kappa shape index (κ2) is 10.0. The zero-order valence-electron chi connectivity index (χ0n) is 11.9. The van der Waals surface area contributed by atoms with Crippen molar-refractivity contribution in [3.05, 3.63) is 21.9 Å². The second-order valence-corrected chi connectivity index (χ2v) is 5.69. The second-order valence-electron chi connectivity index (χ2n) is 4.69. The fourth-order valence-corrected chi connectivity index (χ4v) is 2.64. The summed E-state index contributed by atoms with van der Waals surface area (Å²) in [6.45, 7) is 5.91. The topological polar surface area (TPSA) is 29.5 Å². The SMILES string of the molecule is CCCCC(CC)COCc1cc(C#CCO)cs1. The van der Waals surface area contributed by atoms with Crippen LogP contribution in [0.15, 0.2) is 11.4 Å². The van der Waals surface area contributed by atoms with Crippen molar-refractivity contribution in [2.45, 2.75) is 46.1 Å². The molecular weight excluding hydrogens is 256 g/mol. The first-order valence-electron chi connectivity index (χ1n) is 7.05. The minimum Gasteiger partial charge on any atom is -0.384 e. The highest BCUT2D eigenvalue weighted by atomic mass is 32.1. The van der Waals surface area contributed by atoms with Gasteiger partial charge in [-0.1, -0.05) is 45.0 Å². The van der Waals surface area contributed by atoms with Crippen LogP contribution in [0.25, 0.3) is 0 Å². The zero-order valence-corrected chi connectivity index (χ0v) is 12.8. The fourth-order valence-electron chi connectivity index (χ4n) is 1.89. The molecule has 2 nitrogen and oxygen atoms in total. The average molecular weight is 280 g/mol. The number of hydrogen-bond acceptors (Lipinski definition) is 3. The third-order valence-corrected chi connectivity index (χ3v) is 4.02. The standard InChI is InChI=1S/C16H24O2S/c1-3-5-7-14(4-2)11-18-12-16-10-15(13-19-16)8-6-9-17/h10,13-14,17H,3-5,7,9,11-12H2,1-2H3. The van der Waals surface area contributed by atoms with E-state index in [1.54, 1.807) is 11.3 Å². The van der Waals surface area contributed by atoms with Gasteiger partial charge in [-0.3, -0.25) is 0 Å². The first-order chi connectivity index (χ1) is 9.30. The van der Waals surface area contributed by atoms with E-state index in [4.69, 9.17) is 9.84 Å². The van der Waals surface area contributed by atoms with Gasteiger partial charge in [0.05, 0.1) is 6.61 Å². The molecule has 19 heavy (non-hydrogen) atoms. The summed E-state index contributed by atoms with van der Waals surface area (Å²) in [6, 6.07) is 2.04. The van der Waals surface area contributed by atoms with Crippen LogP contribution in [0, 0.1) is 17.8 Å². The third kappa shape index (κ3) is 6.77. The third-order valence-electron chi connectivity index (χ3n) is 3.11. The van der Waals surface area contributed by atoms with E-state index in [0.29, 0.717) is 12.5 Å². The molecule has 1 aromatic rings. The van der Waals surface area contributed by atoms with Crippen LogP contribution in [0.2, 0.25) is 0 Å². The largest absolute Gasteiger partial charge is 0.384 e. The molecule has 106 valence electrons. The molecule has 1 heterocycles. The summed E-state index contributed by atoms with van der Waals surface area (Å²) in [5.74, 6) is 6.25. The van der Waals surface area contributed by atoms with Gasteiger partial charge in [0.2, 0.25) is 0 Å². The first-order valence-corrected chi connectivity index (χ1v) is 7.93. The highest BCUT2D eigenvalue weighted by Crippen LogP contribution is 2.17. The minimum atomic E-state index is -0.0860. The molecule has 1 rings (SSSR count). The maximum atomic E-state index is 8.64. The van der Waals surface area contributed by atoms with Crippen LogP contribution in [0.3, 0.4) is 0 Å². The molecule has 1 aromatic heterocycles. The predicted octanol–water partition coefficient (Wildman–Crippen LogP) is 3.82. The molecule has 3 heteroatoms. The van der Waals surface area contributed by atoms with E-state index in [9.17, 15) is 0 Å². The lowest BCUT2D eigenvalue weighted by Gasteiger charge is -2.14. The van der Waals surface area contributed by atoms with Crippen LogP contribution in [-0.2, 0) is 11.3 Å². The molecule has 0 amide bonds. The van der Waals surface area contributed by atoms with E-state index in [-0.39, 0.29) is 6.61 Å². The molecule has 0 saturated carbocycles. The van der Waals surface area contributed by atoms with E-state index in [1.807, 2.05) is 11.4 Å². The van der Waals surface area contributed by atoms with Crippen molar-refractivity contribution in [1.82, 2.24) is 0 Å². The van der Waals surface area contributed by atoms with Crippen LogP contribution < -0.4 is 0 Å². The van der Waals surface area contributed by atoms with Crippen molar-refractivity contribution in [1.29, 1.82) is 0 Å². The Morgan fingerprint density at radius 1 is 1.42 bits per heavy atom. The van der Waals surface area contributed by atoms with Crippen LogP contribution in [-0.4, -0.2) is 18.3 Å². The van der Waals surface area contributed by atoms with Crippen molar-refractivity contribution < 1.29 is 9.84 Å². The summed E-state index contributed by atoms with van der Waals surface area (Å²) in [7, 11) is 0. The maximum absolute atomic E-state index is 8.64. The molecule has 0 saturated heterocycles. The molecule has 0 aliphatic carbocycles. The molecule has 0 radical (unpaired) electrons. The van der Waals surface area contributed by atoms with E-state index in [2.05, 4.69) is 25.7 Å². The van der Waals surface area contributed by atoms with Crippen molar-refractivity contribution in [2.24, 2.45) is 5.92 Å². The lowest BCUT2D eigenvalue weighted by Crippen LogP contribution is -2.08. The Kier molecular flexibility index (Phi) is 8.57.